The number of rotatable bonds is 12. The molecule has 0 unspecified atom stereocenters. The minimum atomic E-state index is -0.113. The number of hydrogen-bond acceptors (Lipinski definition) is 3. The maximum Gasteiger partial charge on any atom is 0.269 e. The third kappa shape index (κ3) is 7.22. The molecule has 0 fully saturated rings. The van der Waals surface area contributed by atoms with Crippen molar-refractivity contribution >= 4 is 5.91 Å². The maximum absolute atomic E-state index is 12.4. The zero-order chi connectivity index (χ0) is 20.2. The molecule has 0 aliphatic carbocycles. The zero-order valence-electron chi connectivity index (χ0n) is 17.4. The van der Waals surface area contributed by atoms with E-state index in [0.29, 0.717) is 12.2 Å². The van der Waals surface area contributed by atoms with Gasteiger partial charge >= 0.3 is 0 Å². The van der Waals surface area contributed by atoms with E-state index in [4.69, 9.17) is 4.74 Å². The normalized spacial score (nSPS) is 11.1. The van der Waals surface area contributed by atoms with Crippen LogP contribution in [0.15, 0.2) is 42.5 Å². The van der Waals surface area contributed by atoms with E-state index in [0.717, 1.165) is 49.3 Å². The summed E-state index contributed by atoms with van der Waals surface area (Å²) < 4.78 is 7.49. The highest BCUT2D eigenvalue weighted by Gasteiger charge is 2.12. The van der Waals surface area contributed by atoms with Crippen molar-refractivity contribution in [2.24, 2.45) is 7.05 Å². The summed E-state index contributed by atoms with van der Waals surface area (Å²) >= 11 is 0. The Kier molecular flexibility index (Phi) is 9.32. The number of amides is 1. The molecule has 5 nitrogen and oxygen atoms in total. The Morgan fingerprint density at radius 3 is 2.79 bits per heavy atom. The molecule has 0 radical (unpaired) electrons. The largest absolute Gasteiger partial charge is 0.494 e. The molecule has 5 heteroatoms. The number of ether oxygens (including phenoxy) is 1. The first-order valence-electron chi connectivity index (χ1n) is 10.3. The fraction of sp³-hybridized carbons (Fsp3) is 0.478. The molecule has 0 atom stereocenters. The Morgan fingerprint density at radius 1 is 1.18 bits per heavy atom. The van der Waals surface area contributed by atoms with Crippen molar-refractivity contribution in [1.29, 1.82) is 0 Å². The quantitative estimate of drug-likeness (QED) is 0.422. The second-order valence-electron chi connectivity index (χ2n) is 6.91. The molecule has 0 aliphatic heterocycles. The first-order valence-corrected chi connectivity index (χ1v) is 10.3. The van der Waals surface area contributed by atoms with Gasteiger partial charge < -0.3 is 10.1 Å². The van der Waals surface area contributed by atoms with Crippen LogP contribution in [0.2, 0.25) is 0 Å². The molecular weight excluding hydrogens is 350 g/mol. The maximum atomic E-state index is 12.4. The highest BCUT2D eigenvalue weighted by Crippen LogP contribution is 2.14. The fourth-order valence-electron chi connectivity index (χ4n) is 2.95. The van der Waals surface area contributed by atoms with E-state index < -0.39 is 0 Å². The molecule has 1 amide bonds. The van der Waals surface area contributed by atoms with E-state index in [2.05, 4.69) is 29.5 Å². The molecule has 2 rings (SSSR count). The molecule has 0 bridgehead atoms. The van der Waals surface area contributed by atoms with Crippen LogP contribution in [0.25, 0.3) is 0 Å². The van der Waals surface area contributed by atoms with Gasteiger partial charge in [-0.15, -0.1) is 0 Å². The smallest absolute Gasteiger partial charge is 0.269 e. The molecule has 1 heterocycles. The Morgan fingerprint density at radius 2 is 2.04 bits per heavy atom. The zero-order valence-corrected chi connectivity index (χ0v) is 17.4. The molecule has 0 aliphatic rings. The monoisotopic (exact) mass is 383 g/mol. The number of carbonyl (C=O) groups excluding carboxylic acids is 1. The standard InChI is InChI=1S/C23H33N3O2/c1-4-6-7-8-9-10-11-15-28-21-14-12-13-19(16-21)18-24-23(27)22-17-20(5-2)25-26(22)3/h6-7,12-14,16-17H,4-5,8-11,15,18H2,1-3H3,(H,24,27). The summed E-state index contributed by atoms with van der Waals surface area (Å²) in [5.74, 6) is 0.740. The number of hydrogen-bond donors (Lipinski definition) is 1. The van der Waals surface area contributed by atoms with Gasteiger partial charge in [-0.3, -0.25) is 9.48 Å². The second kappa shape index (κ2) is 12.0. The summed E-state index contributed by atoms with van der Waals surface area (Å²) in [5.41, 5.74) is 2.52. The van der Waals surface area contributed by atoms with Crippen LogP contribution in [0.4, 0.5) is 0 Å². The number of nitrogens with zero attached hydrogens (tertiary/aromatic N) is 2. The Bertz CT molecular complexity index is 765. The lowest BCUT2D eigenvalue weighted by Crippen LogP contribution is -2.25. The van der Waals surface area contributed by atoms with Crippen molar-refractivity contribution in [3.63, 3.8) is 0 Å². The first kappa shape index (κ1) is 21.7. The summed E-state index contributed by atoms with van der Waals surface area (Å²) in [6.45, 7) is 5.37. The predicted molar refractivity (Wildman–Crippen MR) is 114 cm³/mol. The topological polar surface area (TPSA) is 56.1 Å². The molecule has 0 saturated heterocycles. The SMILES string of the molecule is CCC=CCCCCCOc1cccc(CNC(=O)c2cc(CC)nn2C)c1. The number of aryl methyl sites for hydroxylation is 2. The van der Waals surface area contributed by atoms with Crippen molar-refractivity contribution in [3.8, 4) is 5.75 Å². The van der Waals surface area contributed by atoms with E-state index in [9.17, 15) is 4.79 Å². The third-order valence-electron chi connectivity index (χ3n) is 4.56. The lowest BCUT2D eigenvalue weighted by molar-refractivity contribution is 0.0941. The summed E-state index contributed by atoms with van der Waals surface area (Å²) in [6.07, 6.45) is 11.0. The summed E-state index contributed by atoms with van der Waals surface area (Å²) in [4.78, 5) is 12.4. The van der Waals surface area contributed by atoms with Crippen molar-refractivity contribution in [2.45, 2.75) is 58.9 Å². The Hall–Kier alpha value is -2.56. The predicted octanol–water partition coefficient (Wildman–Crippen LogP) is 4.82. The van der Waals surface area contributed by atoms with Crippen molar-refractivity contribution in [2.75, 3.05) is 6.61 Å². The lowest BCUT2D eigenvalue weighted by Gasteiger charge is -2.09. The van der Waals surface area contributed by atoms with Crippen LogP contribution in [-0.2, 0) is 20.0 Å². The van der Waals surface area contributed by atoms with Gasteiger partial charge in [0, 0.05) is 13.6 Å². The van der Waals surface area contributed by atoms with Gasteiger partial charge in [0.2, 0.25) is 0 Å². The average molecular weight is 384 g/mol. The number of benzene rings is 1. The van der Waals surface area contributed by atoms with Gasteiger partial charge in [-0.05, 0) is 62.3 Å². The number of allylic oxidation sites excluding steroid dienone is 2. The first-order chi connectivity index (χ1) is 13.6. The highest BCUT2D eigenvalue weighted by atomic mass is 16.5. The molecule has 1 aromatic carbocycles. The number of unbranched alkanes of at least 4 members (excludes halogenated alkanes) is 3. The van der Waals surface area contributed by atoms with Gasteiger partial charge in [-0.1, -0.05) is 38.1 Å². The second-order valence-corrected chi connectivity index (χ2v) is 6.91. The van der Waals surface area contributed by atoms with Crippen molar-refractivity contribution in [3.05, 3.63) is 59.4 Å². The summed E-state index contributed by atoms with van der Waals surface area (Å²) in [7, 11) is 1.79. The molecule has 0 saturated carbocycles. The van der Waals surface area contributed by atoms with Crippen LogP contribution in [0.1, 0.15) is 67.7 Å². The van der Waals surface area contributed by atoms with Crippen LogP contribution in [-0.4, -0.2) is 22.3 Å². The van der Waals surface area contributed by atoms with Gasteiger partial charge in [0.15, 0.2) is 0 Å². The molecule has 0 spiro atoms. The molecular formula is C23H33N3O2. The molecule has 152 valence electrons. The minimum absolute atomic E-state index is 0.113. The van der Waals surface area contributed by atoms with Gasteiger partial charge in [0.05, 0.1) is 12.3 Å². The third-order valence-corrected chi connectivity index (χ3v) is 4.56. The molecule has 1 N–H and O–H groups in total. The van der Waals surface area contributed by atoms with Crippen LogP contribution < -0.4 is 10.1 Å². The van der Waals surface area contributed by atoms with Crippen molar-refractivity contribution < 1.29 is 9.53 Å². The van der Waals surface area contributed by atoms with Crippen LogP contribution in [0, 0.1) is 0 Å². The average Bonchev–Trinajstić information content (AvgIpc) is 3.09. The van der Waals surface area contributed by atoms with Crippen LogP contribution in [0.3, 0.4) is 0 Å². The van der Waals surface area contributed by atoms with Gasteiger partial charge in [0.25, 0.3) is 5.91 Å². The van der Waals surface area contributed by atoms with Gasteiger partial charge in [0.1, 0.15) is 11.4 Å². The van der Waals surface area contributed by atoms with Crippen molar-refractivity contribution in [1.82, 2.24) is 15.1 Å². The van der Waals surface area contributed by atoms with Gasteiger partial charge in [-0.25, -0.2) is 0 Å². The Labute approximate surface area is 168 Å². The van der Waals surface area contributed by atoms with E-state index in [1.807, 2.05) is 37.3 Å². The number of nitrogens with one attached hydrogen (secondary N) is 1. The van der Waals surface area contributed by atoms with E-state index in [1.165, 1.54) is 12.8 Å². The molecule has 28 heavy (non-hydrogen) atoms. The molecule has 1 aromatic heterocycles. The van der Waals surface area contributed by atoms with E-state index in [-0.39, 0.29) is 5.91 Å². The lowest BCUT2D eigenvalue weighted by atomic mass is 10.2. The fourth-order valence-corrected chi connectivity index (χ4v) is 2.95. The van der Waals surface area contributed by atoms with Gasteiger partial charge in [-0.2, -0.15) is 5.10 Å². The summed E-state index contributed by atoms with van der Waals surface area (Å²) in [5, 5.41) is 7.28. The van der Waals surface area contributed by atoms with E-state index in [1.54, 1.807) is 11.7 Å². The highest BCUT2D eigenvalue weighted by molar-refractivity contribution is 5.92. The van der Waals surface area contributed by atoms with Crippen LogP contribution >= 0.6 is 0 Å². The number of carbonyl (C=O) groups is 1. The minimum Gasteiger partial charge on any atom is -0.494 e. The Balaban J connectivity index is 1.74. The number of aromatic nitrogens is 2. The van der Waals surface area contributed by atoms with E-state index >= 15 is 0 Å². The summed E-state index contributed by atoms with van der Waals surface area (Å²) in [6, 6.07) is 9.75. The molecule has 2 aromatic rings. The van der Waals surface area contributed by atoms with Crippen LogP contribution in [0.5, 0.6) is 5.75 Å².